The quantitative estimate of drug-likeness (QED) is 0.737. The topological polar surface area (TPSA) is 84.2 Å². The standard InChI is InChI=1S/C22H23N5O2/c28-22(24-19-13-18(19)15-5-2-1-3-6-15)27-11-8-16(9-12-27)21-25-20(26-29-21)17-7-4-10-23-14-17/h1-7,10,14,16,18-19H,8-9,11-13H2,(H,24,28)/t18-,19+/m0/s1. The number of nitrogens with one attached hydrogen (secondary N) is 1. The third-order valence-corrected chi connectivity index (χ3v) is 5.82. The Balaban J connectivity index is 1.13. The minimum atomic E-state index is 0.0356. The van der Waals surface area contributed by atoms with Gasteiger partial charge in [0.15, 0.2) is 0 Å². The van der Waals surface area contributed by atoms with E-state index in [0.717, 1.165) is 24.8 Å². The van der Waals surface area contributed by atoms with Crippen molar-refractivity contribution in [2.24, 2.45) is 0 Å². The number of benzene rings is 1. The zero-order valence-corrected chi connectivity index (χ0v) is 16.1. The van der Waals surface area contributed by atoms with Crippen molar-refractivity contribution in [3.63, 3.8) is 0 Å². The number of piperidine rings is 1. The van der Waals surface area contributed by atoms with Gasteiger partial charge in [0.1, 0.15) is 0 Å². The third-order valence-electron chi connectivity index (χ3n) is 5.82. The molecule has 1 saturated heterocycles. The van der Waals surface area contributed by atoms with E-state index in [1.807, 2.05) is 23.1 Å². The minimum Gasteiger partial charge on any atom is -0.339 e. The normalized spacial score (nSPS) is 21.7. The molecule has 1 aliphatic carbocycles. The highest BCUT2D eigenvalue weighted by Crippen LogP contribution is 2.40. The molecular formula is C22H23N5O2. The van der Waals surface area contributed by atoms with E-state index in [2.05, 4.69) is 44.7 Å². The van der Waals surface area contributed by atoms with Gasteiger partial charge in [-0.15, -0.1) is 0 Å². The van der Waals surface area contributed by atoms with Crippen molar-refractivity contribution in [2.45, 2.75) is 37.1 Å². The summed E-state index contributed by atoms with van der Waals surface area (Å²) in [5.74, 6) is 1.85. The molecule has 3 aromatic rings. The first-order valence-corrected chi connectivity index (χ1v) is 10.1. The molecule has 2 amide bonds. The van der Waals surface area contributed by atoms with Crippen LogP contribution in [0.3, 0.4) is 0 Å². The predicted octanol–water partition coefficient (Wildman–Crippen LogP) is 3.58. The van der Waals surface area contributed by atoms with Gasteiger partial charge in [-0.05, 0) is 37.0 Å². The van der Waals surface area contributed by atoms with Gasteiger partial charge < -0.3 is 14.7 Å². The summed E-state index contributed by atoms with van der Waals surface area (Å²) in [5, 5.41) is 7.26. The maximum absolute atomic E-state index is 12.6. The predicted molar refractivity (Wildman–Crippen MR) is 107 cm³/mol. The summed E-state index contributed by atoms with van der Waals surface area (Å²) < 4.78 is 5.48. The number of rotatable bonds is 4. The lowest BCUT2D eigenvalue weighted by Gasteiger charge is -2.30. The molecule has 1 aromatic carbocycles. The minimum absolute atomic E-state index is 0.0356. The van der Waals surface area contributed by atoms with E-state index in [9.17, 15) is 4.79 Å². The van der Waals surface area contributed by atoms with Gasteiger partial charge in [-0.1, -0.05) is 35.5 Å². The van der Waals surface area contributed by atoms with Crippen LogP contribution in [0.2, 0.25) is 0 Å². The Morgan fingerprint density at radius 3 is 2.69 bits per heavy atom. The number of urea groups is 1. The lowest BCUT2D eigenvalue weighted by Crippen LogP contribution is -2.45. The van der Waals surface area contributed by atoms with Crippen LogP contribution in [0.5, 0.6) is 0 Å². The summed E-state index contributed by atoms with van der Waals surface area (Å²) in [4.78, 5) is 23.1. The number of carbonyl (C=O) groups excluding carboxylic acids is 1. The molecule has 0 radical (unpaired) electrons. The molecule has 7 nitrogen and oxygen atoms in total. The monoisotopic (exact) mass is 389 g/mol. The van der Waals surface area contributed by atoms with Crippen molar-refractivity contribution < 1.29 is 9.32 Å². The van der Waals surface area contributed by atoms with Gasteiger partial charge in [-0.25, -0.2) is 4.79 Å². The van der Waals surface area contributed by atoms with Crippen molar-refractivity contribution in [3.8, 4) is 11.4 Å². The second-order valence-corrected chi connectivity index (χ2v) is 7.77. The number of hydrogen-bond donors (Lipinski definition) is 1. The van der Waals surface area contributed by atoms with Crippen LogP contribution in [0.15, 0.2) is 59.4 Å². The highest BCUT2D eigenvalue weighted by Gasteiger charge is 2.40. The molecule has 3 heterocycles. The molecule has 0 spiro atoms. The molecule has 29 heavy (non-hydrogen) atoms. The van der Waals surface area contributed by atoms with Crippen LogP contribution in [0.4, 0.5) is 4.79 Å². The largest absolute Gasteiger partial charge is 0.339 e. The summed E-state index contributed by atoms with van der Waals surface area (Å²) in [5.41, 5.74) is 2.15. The molecule has 2 aliphatic rings. The first kappa shape index (κ1) is 17.8. The van der Waals surface area contributed by atoms with Gasteiger partial charge in [0.05, 0.1) is 0 Å². The summed E-state index contributed by atoms with van der Waals surface area (Å²) in [6, 6.07) is 14.4. The van der Waals surface area contributed by atoms with Gasteiger partial charge in [0.2, 0.25) is 11.7 Å². The fourth-order valence-electron chi connectivity index (χ4n) is 4.02. The highest BCUT2D eigenvalue weighted by atomic mass is 16.5. The molecule has 0 unspecified atom stereocenters. The van der Waals surface area contributed by atoms with Crippen molar-refractivity contribution in [2.75, 3.05) is 13.1 Å². The fraction of sp³-hybridized carbons (Fsp3) is 0.364. The van der Waals surface area contributed by atoms with Crippen LogP contribution in [0.1, 0.15) is 42.6 Å². The SMILES string of the molecule is O=C(N[C@@H]1C[C@H]1c1ccccc1)N1CCC(c2nc(-c3cccnc3)no2)CC1. The maximum atomic E-state index is 12.6. The Morgan fingerprint density at radius 1 is 1.10 bits per heavy atom. The van der Waals surface area contributed by atoms with Crippen molar-refractivity contribution in [1.82, 2.24) is 25.3 Å². The van der Waals surface area contributed by atoms with Gasteiger partial charge in [-0.3, -0.25) is 4.98 Å². The number of pyridine rings is 1. The van der Waals surface area contributed by atoms with E-state index in [1.54, 1.807) is 12.4 Å². The molecule has 2 fully saturated rings. The second-order valence-electron chi connectivity index (χ2n) is 7.77. The molecule has 1 saturated carbocycles. The molecule has 5 rings (SSSR count). The number of aromatic nitrogens is 3. The van der Waals surface area contributed by atoms with Crippen molar-refractivity contribution in [3.05, 3.63) is 66.3 Å². The van der Waals surface area contributed by atoms with Crippen LogP contribution in [0, 0.1) is 0 Å². The lowest BCUT2D eigenvalue weighted by molar-refractivity contribution is 0.174. The van der Waals surface area contributed by atoms with Crippen molar-refractivity contribution in [1.29, 1.82) is 0 Å². The van der Waals surface area contributed by atoms with Gasteiger partial charge in [0, 0.05) is 48.9 Å². The van der Waals surface area contributed by atoms with Crippen LogP contribution in [0.25, 0.3) is 11.4 Å². The summed E-state index contributed by atoms with van der Waals surface area (Å²) in [6.07, 6.45) is 6.12. The number of hydrogen-bond acceptors (Lipinski definition) is 5. The van der Waals surface area contributed by atoms with Gasteiger partial charge in [-0.2, -0.15) is 4.98 Å². The number of nitrogens with zero attached hydrogens (tertiary/aromatic N) is 4. The Morgan fingerprint density at radius 2 is 1.93 bits per heavy atom. The molecule has 2 atom stereocenters. The first-order valence-electron chi connectivity index (χ1n) is 10.1. The maximum Gasteiger partial charge on any atom is 0.317 e. The zero-order valence-electron chi connectivity index (χ0n) is 16.1. The van der Waals surface area contributed by atoms with Crippen LogP contribution in [-0.4, -0.2) is 45.2 Å². The van der Waals surface area contributed by atoms with Gasteiger partial charge >= 0.3 is 6.03 Å². The van der Waals surface area contributed by atoms with E-state index >= 15 is 0 Å². The van der Waals surface area contributed by atoms with Crippen molar-refractivity contribution >= 4 is 6.03 Å². The molecule has 7 heteroatoms. The van der Waals surface area contributed by atoms with Gasteiger partial charge in [0.25, 0.3) is 0 Å². The van der Waals surface area contributed by atoms with Crippen LogP contribution in [-0.2, 0) is 0 Å². The zero-order chi connectivity index (χ0) is 19.6. The van der Waals surface area contributed by atoms with Crippen LogP contribution >= 0.6 is 0 Å². The van der Waals surface area contributed by atoms with Crippen LogP contribution < -0.4 is 5.32 Å². The van der Waals surface area contributed by atoms with E-state index in [-0.39, 0.29) is 18.0 Å². The Labute approximate surface area is 169 Å². The smallest absolute Gasteiger partial charge is 0.317 e. The summed E-state index contributed by atoms with van der Waals surface area (Å²) in [7, 11) is 0. The third kappa shape index (κ3) is 3.85. The molecule has 2 aromatic heterocycles. The lowest BCUT2D eigenvalue weighted by atomic mass is 9.97. The highest BCUT2D eigenvalue weighted by molar-refractivity contribution is 5.75. The average molecular weight is 389 g/mol. The Hall–Kier alpha value is -3.22. The number of likely N-dealkylation sites (tertiary alicyclic amines) is 1. The molecule has 0 bridgehead atoms. The van der Waals surface area contributed by atoms with E-state index in [1.165, 1.54) is 5.56 Å². The Bertz CT molecular complexity index is 967. The molecule has 1 N–H and O–H groups in total. The first-order chi connectivity index (χ1) is 14.3. The number of carbonyl (C=O) groups is 1. The van der Waals surface area contributed by atoms with E-state index < -0.39 is 0 Å². The average Bonchev–Trinajstić information content (AvgIpc) is 3.37. The fourth-order valence-corrected chi connectivity index (χ4v) is 4.02. The summed E-state index contributed by atoms with van der Waals surface area (Å²) >= 11 is 0. The Kier molecular flexibility index (Phi) is 4.71. The van der Waals surface area contributed by atoms with E-state index in [0.29, 0.717) is 30.7 Å². The molecular weight excluding hydrogens is 366 g/mol. The number of amides is 2. The second kappa shape index (κ2) is 7.66. The summed E-state index contributed by atoms with van der Waals surface area (Å²) in [6.45, 7) is 1.40. The van der Waals surface area contributed by atoms with E-state index in [4.69, 9.17) is 4.52 Å². The molecule has 148 valence electrons. The molecule has 1 aliphatic heterocycles.